The highest BCUT2D eigenvalue weighted by molar-refractivity contribution is 5.80. The van der Waals surface area contributed by atoms with Gasteiger partial charge in [-0.3, -0.25) is 9.80 Å². The molecule has 192 valence electrons. The monoisotopic (exact) mass is 489 g/mol. The Balaban J connectivity index is 1.20. The third-order valence-corrected chi connectivity index (χ3v) is 8.55. The lowest BCUT2D eigenvalue weighted by Crippen LogP contribution is -2.51. The fourth-order valence-corrected chi connectivity index (χ4v) is 6.06. The smallest absolute Gasteiger partial charge is 0.110 e. The minimum atomic E-state index is -0.781. The van der Waals surface area contributed by atoms with E-state index in [0.717, 1.165) is 80.6 Å². The number of aromatic nitrogens is 2. The second kappa shape index (κ2) is 9.45. The molecule has 3 fully saturated rings. The number of fused-ring (bicyclic) bond motifs is 1. The van der Waals surface area contributed by atoms with Gasteiger partial charge >= 0.3 is 0 Å². The Morgan fingerprint density at radius 2 is 1.69 bits per heavy atom. The molecule has 1 aromatic carbocycles. The maximum absolute atomic E-state index is 11.4. The fourth-order valence-electron chi connectivity index (χ4n) is 6.06. The van der Waals surface area contributed by atoms with E-state index >= 15 is 0 Å². The summed E-state index contributed by atoms with van der Waals surface area (Å²) < 4.78 is 1.97. The van der Waals surface area contributed by atoms with Gasteiger partial charge < -0.3 is 15.1 Å². The van der Waals surface area contributed by atoms with Crippen molar-refractivity contribution in [2.45, 2.75) is 57.4 Å². The summed E-state index contributed by atoms with van der Waals surface area (Å²) in [5.74, 6) is 0.483. The number of aliphatic hydroxyl groups is 2. The molecule has 3 aromatic rings. The van der Waals surface area contributed by atoms with Crippen molar-refractivity contribution in [2.24, 2.45) is 5.92 Å². The fraction of sp³-hybridized carbons (Fsp3) is 0.552. The molecule has 0 bridgehead atoms. The van der Waals surface area contributed by atoms with Gasteiger partial charge in [0.1, 0.15) is 11.8 Å². The number of hydrogen-bond donors (Lipinski definition) is 2. The number of likely N-dealkylation sites (tertiary alicyclic amines) is 1. The molecular formula is C29H39N5O2. The number of anilines is 1. The molecule has 1 unspecified atom stereocenters. The van der Waals surface area contributed by atoms with Crippen molar-refractivity contribution in [1.29, 1.82) is 0 Å². The van der Waals surface area contributed by atoms with E-state index < -0.39 is 5.60 Å². The third kappa shape index (κ3) is 4.54. The van der Waals surface area contributed by atoms with Gasteiger partial charge in [-0.2, -0.15) is 5.10 Å². The van der Waals surface area contributed by atoms with Crippen LogP contribution < -0.4 is 4.90 Å². The van der Waals surface area contributed by atoms with Crippen LogP contribution in [-0.2, 0) is 5.60 Å². The zero-order valence-corrected chi connectivity index (χ0v) is 21.6. The van der Waals surface area contributed by atoms with Crippen LogP contribution in [0, 0.1) is 5.92 Å². The van der Waals surface area contributed by atoms with Crippen LogP contribution >= 0.6 is 0 Å². The van der Waals surface area contributed by atoms with E-state index in [0.29, 0.717) is 18.5 Å². The Morgan fingerprint density at radius 3 is 2.39 bits per heavy atom. The maximum Gasteiger partial charge on any atom is 0.110 e. The molecule has 2 saturated heterocycles. The maximum atomic E-state index is 11.4. The number of β-amino-alcohol motifs (C(OH)–C–C–N with tert-alkyl or cyclic N) is 1. The first kappa shape index (κ1) is 23.9. The summed E-state index contributed by atoms with van der Waals surface area (Å²) in [4.78, 5) is 7.02. The summed E-state index contributed by atoms with van der Waals surface area (Å²) in [6.07, 6.45) is 7.85. The first-order chi connectivity index (χ1) is 17.4. The van der Waals surface area contributed by atoms with Crippen molar-refractivity contribution >= 4 is 11.2 Å². The molecule has 2 atom stereocenters. The number of benzene rings is 1. The van der Waals surface area contributed by atoms with E-state index in [1.54, 1.807) is 0 Å². The molecule has 0 radical (unpaired) electrons. The molecule has 2 N–H and O–H groups in total. The summed E-state index contributed by atoms with van der Waals surface area (Å²) in [5, 5.41) is 26.5. The standard InChI is InChI=1S/C29H39N5O2/c1-21(2)33-13-3-11-29(36,20-33)25-8-6-22(7-9-25)24-18-27-26(10-12-30-34(27)19-24)31-14-16-32(17-15-31)28(35)23-4-5-23/h6-10,12,18-19,21,23,28,35-36H,3-5,11,13-17,20H2,1-2H3/t28?,29-/m0/s1. The zero-order chi connectivity index (χ0) is 24.9. The van der Waals surface area contributed by atoms with Gasteiger partial charge in [-0.1, -0.05) is 24.3 Å². The van der Waals surface area contributed by atoms with E-state index in [2.05, 4.69) is 76.2 Å². The number of rotatable bonds is 6. The van der Waals surface area contributed by atoms with Crippen molar-refractivity contribution in [2.75, 3.05) is 44.2 Å². The topological polar surface area (TPSA) is 67.5 Å². The summed E-state index contributed by atoms with van der Waals surface area (Å²) in [7, 11) is 0. The molecule has 0 amide bonds. The van der Waals surface area contributed by atoms with Crippen LogP contribution in [0.15, 0.2) is 48.8 Å². The van der Waals surface area contributed by atoms with Gasteiger partial charge in [0.2, 0.25) is 0 Å². The highest BCUT2D eigenvalue weighted by atomic mass is 16.3. The number of nitrogens with zero attached hydrogens (tertiary/aromatic N) is 5. The van der Waals surface area contributed by atoms with Crippen molar-refractivity contribution in [1.82, 2.24) is 19.4 Å². The number of hydrogen-bond acceptors (Lipinski definition) is 6. The van der Waals surface area contributed by atoms with Gasteiger partial charge in [0, 0.05) is 56.7 Å². The molecule has 7 nitrogen and oxygen atoms in total. The van der Waals surface area contributed by atoms with Gasteiger partial charge in [0.25, 0.3) is 0 Å². The highest BCUT2D eigenvalue weighted by Gasteiger charge is 2.36. The van der Waals surface area contributed by atoms with Crippen LogP contribution in [0.1, 0.15) is 45.1 Å². The van der Waals surface area contributed by atoms with Crippen molar-refractivity contribution in [3.63, 3.8) is 0 Å². The van der Waals surface area contributed by atoms with E-state index in [4.69, 9.17) is 0 Å². The van der Waals surface area contributed by atoms with E-state index in [1.807, 2.05) is 10.7 Å². The lowest BCUT2D eigenvalue weighted by molar-refractivity contribution is -0.0445. The van der Waals surface area contributed by atoms with Gasteiger partial charge in [0.05, 0.1) is 11.2 Å². The molecule has 0 spiro atoms. The van der Waals surface area contributed by atoms with E-state index in [-0.39, 0.29) is 6.23 Å². The van der Waals surface area contributed by atoms with Gasteiger partial charge in [-0.05, 0) is 75.3 Å². The van der Waals surface area contributed by atoms with E-state index in [9.17, 15) is 10.2 Å². The average Bonchev–Trinajstić information content (AvgIpc) is 3.66. The molecule has 3 aliphatic rings. The SMILES string of the molecule is CC(C)N1CCC[C@@](O)(c2ccc(-c3cc4c(N5CCN(C(O)C6CC6)CC5)ccnn4c3)cc2)C1. The Hall–Kier alpha value is -2.45. The molecule has 4 heterocycles. The molecule has 2 aromatic heterocycles. The highest BCUT2D eigenvalue weighted by Crippen LogP contribution is 2.36. The summed E-state index contributed by atoms with van der Waals surface area (Å²) in [6.45, 7) is 9.74. The molecule has 7 heteroatoms. The van der Waals surface area contributed by atoms with Crippen LogP contribution in [0.2, 0.25) is 0 Å². The second-order valence-electron chi connectivity index (χ2n) is 11.3. The first-order valence-electron chi connectivity index (χ1n) is 13.6. The third-order valence-electron chi connectivity index (χ3n) is 8.55. The lowest BCUT2D eigenvalue weighted by Gasteiger charge is -2.41. The van der Waals surface area contributed by atoms with Gasteiger partial charge in [0.15, 0.2) is 0 Å². The minimum absolute atomic E-state index is 0.271. The van der Waals surface area contributed by atoms with Crippen LogP contribution in [0.5, 0.6) is 0 Å². The number of piperidine rings is 1. The summed E-state index contributed by atoms with van der Waals surface area (Å²) in [5.41, 5.74) is 4.78. The normalized spacial score (nSPS) is 25.1. The minimum Gasteiger partial charge on any atom is -0.384 e. The molecule has 1 saturated carbocycles. The molecule has 36 heavy (non-hydrogen) atoms. The first-order valence-corrected chi connectivity index (χ1v) is 13.6. The van der Waals surface area contributed by atoms with Crippen molar-refractivity contribution in [3.05, 3.63) is 54.4 Å². The van der Waals surface area contributed by atoms with Gasteiger partial charge in [-0.25, -0.2) is 4.52 Å². The van der Waals surface area contributed by atoms with Crippen LogP contribution in [-0.4, -0.2) is 81.2 Å². The second-order valence-corrected chi connectivity index (χ2v) is 11.3. The molecular weight excluding hydrogens is 450 g/mol. The molecule has 1 aliphatic carbocycles. The number of piperazine rings is 1. The molecule has 2 aliphatic heterocycles. The Kier molecular flexibility index (Phi) is 6.28. The van der Waals surface area contributed by atoms with Gasteiger partial charge in [-0.15, -0.1) is 0 Å². The largest absolute Gasteiger partial charge is 0.384 e. The summed E-state index contributed by atoms with van der Waals surface area (Å²) >= 11 is 0. The van der Waals surface area contributed by atoms with Crippen LogP contribution in [0.25, 0.3) is 16.6 Å². The van der Waals surface area contributed by atoms with Crippen molar-refractivity contribution in [3.8, 4) is 11.1 Å². The van der Waals surface area contributed by atoms with E-state index in [1.165, 1.54) is 5.69 Å². The lowest BCUT2D eigenvalue weighted by atomic mass is 9.84. The average molecular weight is 490 g/mol. The number of aliphatic hydroxyl groups excluding tert-OH is 1. The molecule has 6 rings (SSSR count). The zero-order valence-electron chi connectivity index (χ0n) is 21.6. The predicted octanol–water partition coefficient (Wildman–Crippen LogP) is 3.54. The quantitative estimate of drug-likeness (QED) is 0.552. The van der Waals surface area contributed by atoms with Crippen molar-refractivity contribution < 1.29 is 10.2 Å². The van der Waals surface area contributed by atoms with Crippen LogP contribution in [0.3, 0.4) is 0 Å². The Bertz CT molecular complexity index is 1200. The predicted molar refractivity (Wildman–Crippen MR) is 143 cm³/mol. The Morgan fingerprint density at radius 1 is 0.944 bits per heavy atom. The van der Waals surface area contributed by atoms with Crippen LogP contribution in [0.4, 0.5) is 5.69 Å². The summed E-state index contributed by atoms with van der Waals surface area (Å²) in [6, 6.07) is 13.2. The Labute approximate surface area is 213 Å².